The van der Waals surface area contributed by atoms with E-state index in [0.29, 0.717) is 12.0 Å². The molecule has 0 radical (unpaired) electrons. The van der Waals surface area contributed by atoms with Gasteiger partial charge in [-0.2, -0.15) is 0 Å². The molecule has 1 aromatic carbocycles. The molecule has 0 bridgehead atoms. The minimum atomic E-state index is 0.381. The van der Waals surface area contributed by atoms with Crippen molar-refractivity contribution < 1.29 is 4.74 Å². The lowest BCUT2D eigenvalue weighted by Gasteiger charge is -2.36. The summed E-state index contributed by atoms with van der Waals surface area (Å²) in [5.74, 6) is 1.67. The van der Waals surface area contributed by atoms with E-state index in [4.69, 9.17) is 4.74 Å². The second-order valence-electron chi connectivity index (χ2n) is 4.88. The summed E-state index contributed by atoms with van der Waals surface area (Å²) in [5, 5.41) is 6.77. The standard InChI is InChI=1S/C14H22N2O/c1-9-5-10(2)13(12(6-9)17-4)14(15-3)11-7-16-8-11/h5-6,11,14-16H,7-8H2,1-4H3. The fourth-order valence-electron chi connectivity index (χ4n) is 2.67. The molecule has 1 fully saturated rings. The van der Waals surface area contributed by atoms with E-state index in [1.807, 2.05) is 7.05 Å². The first kappa shape index (κ1) is 12.4. The summed E-state index contributed by atoms with van der Waals surface area (Å²) < 4.78 is 5.55. The molecule has 1 unspecified atom stereocenters. The highest BCUT2D eigenvalue weighted by Gasteiger charge is 2.30. The molecule has 94 valence electrons. The van der Waals surface area contributed by atoms with Gasteiger partial charge >= 0.3 is 0 Å². The van der Waals surface area contributed by atoms with E-state index in [-0.39, 0.29) is 0 Å². The molecule has 0 aromatic heterocycles. The average Bonchev–Trinajstić information content (AvgIpc) is 2.23. The van der Waals surface area contributed by atoms with Crippen molar-refractivity contribution in [2.45, 2.75) is 19.9 Å². The minimum Gasteiger partial charge on any atom is -0.496 e. The summed E-state index contributed by atoms with van der Waals surface area (Å²) in [6, 6.07) is 4.74. The van der Waals surface area contributed by atoms with Crippen LogP contribution in [0.15, 0.2) is 12.1 Å². The van der Waals surface area contributed by atoms with Crippen molar-refractivity contribution >= 4 is 0 Å². The molecule has 0 aliphatic carbocycles. The van der Waals surface area contributed by atoms with E-state index in [0.717, 1.165) is 18.8 Å². The number of nitrogens with one attached hydrogen (secondary N) is 2. The van der Waals surface area contributed by atoms with Crippen LogP contribution in [-0.4, -0.2) is 27.2 Å². The van der Waals surface area contributed by atoms with Crippen LogP contribution in [0, 0.1) is 19.8 Å². The van der Waals surface area contributed by atoms with Crippen LogP contribution in [0.3, 0.4) is 0 Å². The molecule has 1 saturated heterocycles. The van der Waals surface area contributed by atoms with Gasteiger partial charge in [0.05, 0.1) is 7.11 Å². The Kier molecular flexibility index (Phi) is 3.69. The van der Waals surface area contributed by atoms with Crippen molar-refractivity contribution in [1.29, 1.82) is 0 Å². The highest BCUT2D eigenvalue weighted by Crippen LogP contribution is 2.35. The lowest BCUT2D eigenvalue weighted by Crippen LogP contribution is -2.48. The average molecular weight is 234 g/mol. The van der Waals surface area contributed by atoms with Gasteiger partial charge in [-0.3, -0.25) is 0 Å². The molecule has 0 spiro atoms. The Morgan fingerprint density at radius 1 is 1.35 bits per heavy atom. The lowest BCUT2D eigenvalue weighted by molar-refractivity contribution is 0.261. The van der Waals surface area contributed by atoms with Crippen LogP contribution in [0.5, 0.6) is 5.75 Å². The topological polar surface area (TPSA) is 33.3 Å². The van der Waals surface area contributed by atoms with Gasteiger partial charge in [-0.05, 0) is 38.1 Å². The van der Waals surface area contributed by atoms with Gasteiger partial charge in [0.15, 0.2) is 0 Å². The molecule has 1 atom stereocenters. The Bertz CT molecular complexity index is 399. The van der Waals surface area contributed by atoms with Gasteiger partial charge in [-0.15, -0.1) is 0 Å². The Morgan fingerprint density at radius 3 is 2.53 bits per heavy atom. The second-order valence-corrected chi connectivity index (χ2v) is 4.88. The van der Waals surface area contributed by atoms with Crippen LogP contribution >= 0.6 is 0 Å². The Morgan fingerprint density at radius 2 is 2.06 bits per heavy atom. The first-order valence-electron chi connectivity index (χ1n) is 6.20. The monoisotopic (exact) mass is 234 g/mol. The van der Waals surface area contributed by atoms with Gasteiger partial charge in [0.1, 0.15) is 5.75 Å². The van der Waals surface area contributed by atoms with Crippen molar-refractivity contribution in [3.05, 3.63) is 28.8 Å². The Balaban J connectivity index is 2.40. The van der Waals surface area contributed by atoms with E-state index in [1.54, 1.807) is 7.11 Å². The third-order valence-corrected chi connectivity index (χ3v) is 3.62. The molecule has 1 aliphatic rings. The van der Waals surface area contributed by atoms with Gasteiger partial charge in [0.25, 0.3) is 0 Å². The van der Waals surface area contributed by atoms with E-state index < -0.39 is 0 Å². The van der Waals surface area contributed by atoms with Crippen LogP contribution in [-0.2, 0) is 0 Å². The van der Waals surface area contributed by atoms with Crippen LogP contribution in [0.4, 0.5) is 0 Å². The number of rotatable bonds is 4. The van der Waals surface area contributed by atoms with E-state index in [9.17, 15) is 0 Å². The van der Waals surface area contributed by atoms with Gasteiger partial charge < -0.3 is 15.4 Å². The van der Waals surface area contributed by atoms with E-state index in [1.165, 1.54) is 16.7 Å². The van der Waals surface area contributed by atoms with E-state index >= 15 is 0 Å². The van der Waals surface area contributed by atoms with Crippen LogP contribution in [0.2, 0.25) is 0 Å². The molecule has 17 heavy (non-hydrogen) atoms. The van der Waals surface area contributed by atoms with Gasteiger partial charge in [0, 0.05) is 30.6 Å². The number of hydrogen-bond acceptors (Lipinski definition) is 3. The number of methoxy groups -OCH3 is 1. The largest absolute Gasteiger partial charge is 0.496 e. The van der Waals surface area contributed by atoms with Crippen molar-refractivity contribution in [3.8, 4) is 5.75 Å². The second kappa shape index (κ2) is 5.07. The summed E-state index contributed by atoms with van der Waals surface area (Å²) in [6.45, 7) is 6.45. The van der Waals surface area contributed by atoms with Crippen LogP contribution in [0.1, 0.15) is 22.7 Å². The predicted molar refractivity (Wildman–Crippen MR) is 70.6 cm³/mol. The lowest BCUT2D eigenvalue weighted by atomic mass is 9.85. The summed E-state index contributed by atoms with van der Waals surface area (Å²) in [5.41, 5.74) is 3.88. The first-order valence-corrected chi connectivity index (χ1v) is 6.20. The minimum absolute atomic E-state index is 0.381. The molecule has 1 heterocycles. The Labute approximate surface area is 104 Å². The van der Waals surface area contributed by atoms with E-state index in [2.05, 4.69) is 36.6 Å². The fourth-order valence-corrected chi connectivity index (χ4v) is 2.67. The quantitative estimate of drug-likeness (QED) is 0.833. The zero-order valence-corrected chi connectivity index (χ0v) is 11.1. The normalized spacial score (nSPS) is 17.6. The number of hydrogen-bond donors (Lipinski definition) is 2. The van der Waals surface area contributed by atoms with Crippen molar-refractivity contribution in [2.24, 2.45) is 5.92 Å². The predicted octanol–water partition coefficient (Wildman–Crippen LogP) is 1.79. The highest BCUT2D eigenvalue weighted by atomic mass is 16.5. The molecule has 3 heteroatoms. The summed E-state index contributed by atoms with van der Waals surface area (Å²) >= 11 is 0. The Hall–Kier alpha value is -1.06. The maximum Gasteiger partial charge on any atom is 0.124 e. The molecule has 2 N–H and O–H groups in total. The molecule has 2 rings (SSSR count). The third kappa shape index (κ3) is 2.31. The number of benzene rings is 1. The van der Waals surface area contributed by atoms with Crippen molar-refractivity contribution in [2.75, 3.05) is 27.2 Å². The van der Waals surface area contributed by atoms with Gasteiger partial charge in [-0.25, -0.2) is 0 Å². The smallest absolute Gasteiger partial charge is 0.124 e. The molecule has 1 aliphatic heterocycles. The first-order chi connectivity index (χ1) is 8.17. The number of aryl methyl sites for hydroxylation is 2. The molecule has 1 aromatic rings. The molecule has 3 nitrogen and oxygen atoms in total. The SMILES string of the molecule is CNC(c1c(C)cc(C)cc1OC)C1CNC1. The van der Waals surface area contributed by atoms with Crippen molar-refractivity contribution in [3.63, 3.8) is 0 Å². The zero-order chi connectivity index (χ0) is 12.4. The molecular formula is C14H22N2O. The molecular weight excluding hydrogens is 212 g/mol. The maximum atomic E-state index is 5.55. The zero-order valence-electron chi connectivity index (χ0n) is 11.1. The summed E-state index contributed by atoms with van der Waals surface area (Å²) in [7, 11) is 3.78. The molecule has 0 amide bonds. The van der Waals surface area contributed by atoms with Gasteiger partial charge in [-0.1, -0.05) is 6.07 Å². The number of ether oxygens (including phenoxy) is 1. The third-order valence-electron chi connectivity index (χ3n) is 3.62. The maximum absolute atomic E-state index is 5.55. The highest BCUT2D eigenvalue weighted by molar-refractivity contribution is 5.45. The fraction of sp³-hybridized carbons (Fsp3) is 0.571. The van der Waals surface area contributed by atoms with Crippen LogP contribution in [0.25, 0.3) is 0 Å². The van der Waals surface area contributed by atoms with Crippen LogP contribution < -0.4 is 15.4 Å². The molecule has 0 saturated carbocycles. The summed E-state index contributed by atoms with van der Waals surface area (Å²) in [6.07, 6.45) is 0. The van der Waals surface area contributed by atoms with Gasteiger partial charge in [0.2, 0.25) is 0 Å². The summed E-state index contributed by atoms with van der Waals surface area (Å²) in [4.78, 5) is 0. The van der Waals surface area contributed by atoms with Crippen molar-refractivity contribution in [1.82, 2.24) is 10.6 Å².